The highest BCUT2D eigenvalue weighted by Gasteiger charge is 2.25. The van der Waals surface area contributed by atoms with Gasteiger partial charge in [0.1, 0.15) is 17.1 Å². The molecule has 1 N–H and O–H groups in total. The number of imide groups is 1. The molecule has 11 nitrogen and oxygen atoms in total. The largest absolute Gasteiger partial charge is 0.494 e. The average Bonchev–Trinajstić information content (AvgIpc) is 3.50. The summed E-state index contributed by atoms with van der Waals surface area (Å²) in [6, 6.07) is 12.8. The molecule has 43 heavy (non-hydrogen) atoms. The first-order valence-electron chi connectivity index (χ1n) is 14.0. The van der Waals surface area contributed by atoms with Crippen LogP contribution in [0.2, 0.25) is 0 Å². The van der Waals surface area contributed by atoms with Gasteiger partial charge in [-0.25, -0.2) is 4.98 Å². The second-order valence-corrected chi connectivity index (χ2v) is 11.0. The van der Waals surface area contributed by atoms with E-state index in [4.69, 9.17) is 19.2 Å². The van der Waals surface area contributed by atoms with E-state index in [1.54, 1.807) is 36.6 Å². The topological polar surface area (TPSA) is 127 Å². The smallest absolute Gasteiger partial charge is 0.290 e. The number of nitrogens with zero attached hydrogens (tertiary/aromatic N) is 4. The standard InChI is InChI=1S/C31H33N5O6S/c1-5-8-22-26-27(35(2)34-22)30(38)36(28(32-26)20-11-14-23(40-3)24(18-20)41-4)15-6-7-16-42-21-12-9-19(10-13-21)17-25-29(37)33-31(39)43-25/h9-14,17-18H,5-8,15-16H2,1-4H3,(H,33,37,39)/b25-17+. The number of carbonyl (C=O) groups excluding carboxylic acids is 2. The zero-order valence-electron chi connectivity index (χ0n) is 24.5. The van der Waals surface area contributed by atoms with Gasteiger partial charge in [0.2, 0.25) is 0 Å². The van der Waals surface area contributed by atoms with Crippen LogP contribution in [0.1, 0.15) is 37.4 Å². The molecule has 12 heteroatoms. The molecule has 2 aromatic carbocycles. The minimum absolute atomic E-state index is 0.145. The first-order chi connectivity index (χ1) is 20.8. The monoisotopic (exact) mass is 603 g/mol. The number of nitrogens with one attached hydrogen (secondary N) is 1. The Morgan fingerprint density at radius 3 is 2.44 bits per heavy atom. The molecule has 4 aromatic rings. The molecule has 0 radical (unpaired) electrons. The average molecular weight is 604 g/mol. The van der Waals surface area contributed by atoms with Crippen LogP contribution in [-0.2, 0) is 24.8 Å². The Morgan fingerprint density at radius 1 is 1.00 bits per heavy atom. The predicted octanol–water partition coefficient (Wildman–Crippen LogP) is 4.95. The summed E-state index contributed by atoms with van der Waals surface area (Å²) in [5.41, 5.74) is 3.30. The normalized spacial score (nSPS) is 14.0. The van der Waals surface area contributed by atoms with Crippen LogP contribution in [0.5, 0.6) is 17.2 Å². The van der Waals surface area contributed by atoms with Gasteiger partial charge in [0, 0.05) is 19.2 Å². The second kappa shape index (κ2) is 13.2. The number of amides is 2. The van der Waals surface area contributed by atoms with Gasteiger partial charge in [0.25, 0.3) is 16.7 Å². The maximum Gasteiger partial charge on any atom is 0.290 e. The van der Waals surface area contributed by atoms with Crippen LogP contribution in [0, 0.1) is 0 Å². The molecule has 1 aliphatic rings. The number of hydrogen-bond donors (Lipinski definition) is 1. The fourth-order valence-electron chi connectivity index (χ4n) is 4.92. The van der Waals surface area contributed by atoms with Gasteiger partial charge in [-0.2, -0.15) is 5.10 Å². The van der Waals surface area contributed by atoms with Crippen molar-refractivity contribution in [1.82, 2.24) is 24.6 Å². The number of rotatable bonds is 12. The van der Waals surface area contributed by atoms with Gasteiger partial charge in [-0.3, -0.25) is 28.9 Å². The zero-order valence-corrected chi connectivity index (χ0v) is 25.3. The van der Waals surface area contributed by atoms with Crippen molar-refractivity contribution >= 4 is 40.0 Å². The van der Waals surface area contributed by atoms with Crippen LogP contribution >= 0.6 is 11.8 Å². The molecule has 1 saturated heterocycles. The third-order valence-electron chi connectivity index (χ3n) is 7.01. The Hall–Kier alpha value is -4.58. The van der Waals surface area contributed by atoms with Gasteiger partial charge in [0.15, 0.2) is 17.0 Å². The van der Waals surface area contributed by atoms with Gasteiger partial charge in [-0.15, -0.1) is 0 Å². The number of hydrogen-bond acceptors (Lipinski definition) is 9. The van der Waals surface area contributed by atoms with E-state index >= 15 is 0 Å². The SMILES string of the molecule is CCCc1nn(C)c2c(=O)n(CCCCOc3ccc(/C=C4/SC(=O)NC4=O)cc3)c(-c3ccc(OC)c(OC)c3)nc12. The lowest BCUT2D eigenvalue weighted by atomic mass is 10.1. The number of unbranched alkanes of at least 4 members (excludes halogenated alkanes) is 1. The molecule has 0 unspecified atom stereocenters. The van der Waals surface area contributed by atoms with E-state index in [1.165, 1.54) is 0 Å². The third-order valence-corrected chi connectivity index (χ3v) is 7.82. The Balaban J connectivity index is 1.32. The molecule has 2 amide bonds. The summed E-state index contributed by atoms with van der Waals surface area (Å²) in [6.45, 7) is 2.97. The summed E-state index contributed by atoms with van der Waals surface area (Å²) in [6.07, 6.45) is 4.66. The summed E-state index contributed by atoms with van der Waals surface area (Å²) >= 11 is 0.883. The summed E-state index contributed by atoms with van der Waals surface area (Å²) < 4.78 is 20.2. The van der Waals surface area contributed by atoms with Crippen LogP contribution in [-0.4, -0.2) is 51.3 Å². The minimum Gasteiger partial charge on any atom is -0.494 e. The van der Waals surface area contributed by atoms with Gasteiger partial charge < -0.3 is 14.2 Å². The van der Waals surface area contributed by atoms with Crippen molar-refractivity contribution in [2.24, 2.45) is 7.05 Å². The molecule has 224 valence electrons. The molecule has 1 fully saturated rings. The van der Waals surface area contributed by atoms with Crippen LogP contribution in [0.15, 0.2) is 52.2 Å². The summed E-state index contributed by atoms with van der Waals surface area (Å²) in [4.78, 5) is 42.3. The fraction of sp³-hybridized carbons (Fsp3) is 0.323. The number of aromatic nitrogens is 4. The number of ether oxygens (including phenoxy) is 3. The van der Waals surface area contributed by atoms with E-state index in [2.05, 4.69) is 17.3 Å². The van der Waals surface area contributed by atoms with Gasteiger partial charge >= 0.3 is 0 Å². The van der Waals surface area contributed by atoms with Crippen LogP contribution in [0.4, 0.5) is 4.79 Å². The third kappa shape index (κ3) is 6.43. The van der Waals surface area contributed by atoms with E-state index in [-0.39, 0.29) is 16.7 Å². The van der Waals surface area contributed by atoms with Crippen molar-refractivity contribution in [3.8, 4) is 28.6 Å². The molecule has 0 spiro atoms. The minimum atomic E-state index is -0.386. The molecule has 1 aliphatic heterocycles. The van der Waals surface area contributed by atoms with Crippen molar-refractivity contribution in [3.63, 3.8) is 0 Å². The summed E-state index contributed by atoms with van der Waals surface area (Å²) in [5.74, 6) is 1.99. The Kier molecular flexibility index (Phi) is 9.15. The van der Waals surface area contributed by atoms with E-state index in [0.717, 1.165) is 41.4 Å². The van der Waals surface area contributed by atoms with Gasteiger partial charge in [-0.1, -0.05) is 25.5 Å². The molecular weight excluding hydrogens is 570 g/mol. The first-order valence-corrected chi connectivity index (χ1v) is 14.8. The lowest BCUT2D eigenvalue weighted by Gasteiger charge is -2.15. The van der Waals surface area contributed by atoms with Crippen molar-refractivity contribution in [1.29, 1.82) is 0 Å². The van der Waals surface area contributed by atoms with Crippen LogP contribution < -0.4 is 25.1 Å². The van der Waals surface area contributed by atoms with E-state index in [0.29, 0.717) is 65.0 Å². The quantitative estimate of drug-likeness (QED) is 0.177. The summed E-state index contributed by atoms with van der Waals surface area (Å²) in [5, 5.41) is 6.48. The zero-order chi connectivity index (χ0) is 30.5. The first kappa shape index (κ1) is 29.9. The highest BCUT2D eigenvalue weighted by molar-refractivity contribution is 8.18. The number of carbonyl (C=O) groups is 2. The van der Waals surface area contributed by atoms with Crippen LogP contribution in [0.25, 0.3) is 28.5 Å². The van der Waals surface area contributed by atoms with Crippen molar-refractivity contribution in [2.75, 3.05) is 20.8 Å². The molecule has 0 saturated carbocycles. The Bertz CT molecular complexity index is 1760. The highest BCUT2D eigenvalue weighted by atomic mass is 32.2. The molecule has 3 heterocycles. The van der Waals surface area contributed by atoms with Gasteiger partial charge in [0.05, 0.1) is 31.4 Å². The number of aryl methyl sites for hydroxylation is 2. The molecule has 0 aliphatic carbocycles. The number of benzene rings is 2. The second-order valence-electron chi connectivity index (χ2n) is 9.96. The van der Waals surface area contributed by atoms with Crippen molar-refractivity contribution in [2.45, 2.75) is 39.2 Å². The summed E-state index contributed by atoms with van der Waals surface area (Å²) in [7, 11) is 4.93. The predicted molar refractivity (Wildman–Crippen MR) is 166 cm³/mol. The van der Waals surface area contributed by atoms with Crippen LogP contribution in [0.3, 0.4) is 0 Å². The fourth-order valence-corrected chi connectivity index (χ4v) is 5.60. The molecule has 2 aromatic heterocycles. The lowest BCUT2D eigenvalue weighted by molar-refractivity contribution is -0.115. The maximum atomic E-state index is 13.8. The Labute approximate surface area is 252 Å². The molecule has 0 bridgehead atoms. The van der Waals surface area contributed by atoms with E-state index < -0.39 is 0 Å². The lowest BCUT2D eigenvalue weighted by Crippen LogP contribution is -2.25. The molecule has 0 atom stereocenters. The molecule has 5 rings (SSSR count). The van der Waals surface area contributed by atoms with Gasteiger partial charge in [-0.05, 0) is 73.0 Å². The number of fused-ring (bicyclic) bond motifs is 1. The van der Waals surface area contributed by atoms with Crippen molar-refractivity contribution < 1.29 is 23.8 Å². The highest BCUT2D eigenvalue weighted by Crippen LogP contribution is 2.32. The number of thioether (sulfide) groups is 1. The van der Waals surface area contributed by atoms with Crippen molar-refractivity contribution in [3.05, 3.63) is 69.0 Å². The number of methoxy groups -OCH3 is 2. The van der Waals surface area contributed by atoms with E-state index in [9.17, 15) is 14.4 Å². The van der Waals surface area contributed by atoms with E-state index in [1.807, 2.05) is 42.5 Å². The Morgan fingerprint density at radius 2 is 1.77 bits per heavy atom. The maximum absolute atomic E-state index is 13.8. The molecular formula is C31H33N5O6S.